The molecule has 0 bridgehead atoms. The van der Waals surface area contributed by atoms with Gasteiger partial charge in [0.15, 0.2) is 0 Å². The van der Waals surface area contributed by atoms with Crippen molar-refractivity contribution in [1.82, 2.24) is 0 Å². The number of anilines is 2. The number of amides is 2. The molecule has 0 unspecified atom stereocenters. The lowest BCUT2D eigenvalue weighted by Gasteiger charge is -2.17. The van der Waals surface area contributed by atoms with Crippen molar-refractivity contribution >= 4 is 28.8 Å². The summed E-state index contributed by atoms with van der Waals surface area (Å²) in [6, 6.07) is 20.1. The van der Waals surface area contributed by atoms with Crippen LogP contribution in [0.2, 0.25) is 0 Å². The average molecular weight is 457 g/mol. The first kappa shape index (κ1) is 23.1. The van der Waals surface area contributed by atoms with Crippen molar-refractivity contribution in [3.63, 3.8) is 0 Å². The normalized spacial score (nSPS) is 13.5. The molecular weight excluding hydrogens is 428 g/mol. The molecule has 1 heterocycles. The van der Waals surface area contributed by atoms with E-state index in [-0.39, 0.29) is 11.6 Å². The van der Waals surface area contributed by atoms with E-state index in [1.165, 1.54) is 4.90 Å². The summed E-state index contributed by atoms with van der Waals surface area (Å²) >= 11 is 0. The number of ether oxygens (including phenoxy) is 2. The van der Waals surface area contributed by atoms with Gasteiger partial charge in [0.05, 0.1) is 24.5 Å². The molecule has 0 saturated carbocycles. The maximum absolute atomic E-state index is 13.6. The molecular formula is C28H28N2O4. The van der Waals surface area contributed by atoms with Crippen LogP contribution in [0, 0.1) is 13.8 Å². The number of rotatable bonds is 8. The third-order valence-corrected chi connectivity index (χ3v) is 5.72. The van der Waals surface area contributed by atoms with Crippen LogP contribution in [-0.4, -0.2) is 25.0 Å². The number of hydrogen-bond acceptors (Lipinski definition) is 5. The Balaban J connectivity index is 1.75. The Bertz CT molecular complexity index is 1240. The number of carbonyl (C=O) groups excluding carboxylic acids is 2. The minimum Gasteiger partial charge on any atom is -0.494 e. The van der Waals surface area contributed by atoms with Crippen molar-refractivity contribution in [2.24, 2.45) is 0 Å². The highest BCUT2D eigenvalue weighted by Gasteiger charge is 2.40. The van der Waals surface area contributed by atoms with Crippen LogP contribution in [0.3, 0.4) is 0 Å². The lowest BCUT2D eigenvalue weighted by molar-refractivity contribution is -0.120. The first-order valence-electron chi connectivity index (χ1n) is 11.4. The SMILES string of the molecule is CCOc1ccc(NC2=C(c3ccc(OCC)cc3)C(=O)N(c3ccc(C)c(C)c3)C2=O)cc1. The molecule has 0 saturated heterocycles. The first-order valence-corrected chi connectivity index (χ1v) is 11.4. The highest BCUT2D eigenvalue weighted by Crippen LogP contribution is 2.35. The largest absolute Gasteiger partial charge is 0.494 e. The van der Waals surface area contributed by atoms with Crippen LogP contribution in [0.15, 0.2) is 72.4 Å². The highest BCUT2D eigenvalue weighted by atomic mass is 16.5. The van der Waals surface area contributed by atoms with E-state index in [4.69, 9.17) is 9.47 Å². The molecule has 0 aliphatic carbocycles. The Morgan fingerprint density at radius 3 is 1.88 bits per heavy atom. The van der Waals surface area contributed by atoms with Crippen molar-refractivity contribution in [3.8, 4) is 11.5 Å². The zero-order valence-corrected chi connectivity index (χ0v) is 19.8. The summed E-state index contributed by atoms with van der Waals surface area (Å²) in [4.78, 5) is 28.4. The maximum Gasteiger partial charge on any atom is 0.282 e. The second-order valence-corrected chi connectivity index (χ2v) is 8.00. The minimum absolute atomic E-state index is 0.233. The van der Waals surface area contributed by atoms with E-state index in [0.29, 0.717) is 41.5 Å². The zero-order valence-electron chi connectivity index (χ0n) is 19.8. The predicted octanol–water partition coefficient (Wildman–Crippen LogP) is 5.50. The summed E-state index contributed by atoms with van der Waals surface area (Å²) in [6.45, 7) is 8.90. The van der Waals surface area contributed by atoms with Gasteiger partial charge >= 0.3 is 0 Å². The van der Waals surface area contributed by atoms with E-state index >= 15 is 0 Å². The quantitative estimate of drug-likeness (QED) is 0.454. The predicted molar refractivity (Wildman–Crippen MR) is 134 cm³/mol. The van der Waals surface area contributed by atoms with E-state index in [2.05, 4.69) is 5.32 Å². The van der Waals surface area contributed by atoms with Crippen molar-refractivity contribution in [2.75, 3.05) is 23.4 Å². The molecule has 3 aromatic carbocycles. The Labute approximate surface area is 199 Å². The van der Waals surface area contributed by atoms with E-state index < -0.39 is 5.91 Å². The van der Waals surface area contributed by atoms with Gasteiger partial charge in [0.1, 0.15) is 17.2 Å². The number of hydrogen-bond donors (Lipinski definition) is 1. The van der Waals surface area contributed by atoms with Gasteiger partial charge in [-0.15, -0.1) is 0 Å². The Morgan fingerprint density at radius 1 is 0.735 bits per heavy atom. The van der Waals surface area contributed by atoms with Crippen LogP contribution < -0.4 is 19.7 Å². The van der Waals surface area contributed by atoms with Gasteiger partial charge in [-0.2, -0.15) is 0 Å². The van der Waals surface area contributed by atoms with Gasteiger partial charge in [0, 0.05) is 5.69 Å². The van der Waals surface area contributed by atoms with Gasteiger partial charge in [-0.3, -0.25) is 9.59 Å². The Hall–Kier alpha value is -4.06. The van der Waals surface area contributed by atoms with Crippen LogP contribution in [0.4, 0.5) is 11.4 Å². The van der Waals surface area contributed by atoms with E-state index in [0.717, 1.165) is 16.9 Å². The van der Waals surface area contributed by atoms with Crippen molar-refractivity contribution in [2.45, 2.75) is 27.7 Å². The van der Waals surface area contributed by atoms with Gasteiger partial charge in [0.25, 0.3) is 11.8 Å². The summed E-state index contributed by atoms with van der Waals surface area (Å²) < 4.78 is 11.0. The monoisotopic (exact) mass is 456 g/mol. The Morgan fingerprint density at radius 2 is 1.32 bits per heavy atom. The van der Waals surface area contributed by atoms with Gasteiger partial charge in [0.2, 0.25) is 0 Å². The third kappa shape index (κ3) is 4.53. The fourth-order valence-corrected chi connectivity index (χ4v) is 3.84. The summed E-state index contributed by atoms with van der Waals surface area (Å²) in [5.41, 5.74) is 4.53. The molecule has 4 rings (SSSR count). The lowest BCUT2D eigenvalue weighted by atomic mass is 10.0. The van der Waals surface area contributed by atoms with E-state index in [1.54, 1.807) is 30.3 Å². The van der Waals surface area contributed by atoms with Crippen molar-refractivity contribution < 1.29 is 19.1 Å². The molecule has 34 heavy (non-hydrogen) atoms. The topological polar surface area (TPSA) is 67.9 Å². The van der Waals surface area contributed by atoms with Gasteiger partial charge < -0.3 is 14.8 Å². The number of carbonyl (C=O) groups is 2. The summed E-state index contributed by atoms with van der Waals surface area (Å²) in [6.07, 6.45) is 0. The van der Waals surface area contributed by atoms with Gasteiger partial charge in [-0.05, 0) is 92.9 Å². The average Bonchev–Trinajstić information content (AvgIpc) is 3.07. The number of imide groups is 1. The molecule has 3 aromatic rings. The number of nitrogens with zero attached hydrogens (tertiary/aromatic N) is 1. The highest BCUT2D eigenvalue weighted by molar-refractivity contribution is 6.46. The molecule has 0 aromatic heterocycles. The second-order valence-electron chi connectivity index (χ2n) is 8.00. The molecule has 0 radical (unpaired) electrons. The molecule has 1 N–H and O–H groups in total. The van der Waals surface area contributed by atoms with E-state index in [9.17, 15) is 9.59 Å². The van der Waals surface area contributed by atoms with Crippen molar-refractivity contribution in [1.29, 1.82) is 0 Å². The molecule has 1 aliphatic heterocycles. The molecule has 1 aliphatic rings. The zero-order chi connectivity index (χ0) is 24.2. The van der Waals surface area contributed by atoms with Gasteiger partial charge in [-0.25, -0.2) is 4.90 Å². The van der Waals surface area contributed by atoms with E-state index in [1.807, 2.05) is 64.1 Å². The van der Waals surface area contributed by atoms with Crippen LogP contribution in [-0.2, 0) is 9.59 Å². The summed E-state index contributed by atoms with van der Waals surface area (Å²) in [5.74, 6) is 0.673. The van der Waals surface area contributed by atoms with Gasteiger partial charge in [-0.1, -0.05) is 18.2 Å². The van der Waals surface area contributed by atoms with Crippen LogP contribution in [0.5, 0.6) is 11.5 Å². The molecule has 0 atom stereocenters. The van der Waals surface area contributed by atoms with Crippen LogP contribution in [0.1, 0.15) is 30.5 Å². The smallest absolute Gasteiger partial charge is 0.282 e. The number of aryl methyl sites for hydroxylation is 2. The lowest BCUT2D eigenvalue weighted by Crippen LogP contribution is -2.32. The standard InChI is InChI=1S/C28H28N2O4/c1-5-33-23-13-8-20(9-14-23)25-26(29-21-10-15-24(16-11-21)34-6-2)28(32)30(27(25)31)22-12-7-18(3)19(4)17-22/h7-17,29H,5-6H2,1-4H3. The van der Waals surface area contributed by atoms with Crippen LogP contribution in [0.25, 0.3) is 5.57 Å². The third-order valence-electron chi connectivity index (χ3n) is 5.72. The summed E-state index contributed by atoms with van der Waals surface area (Å²) in [7, 11) is 0. The number of benzene rings is 3. The molecule has 0 fully saturated rings. The molecule has 6 heteroatoms. The molecule has 0 spiro atoms. The molecule has 6 nitrogen and oxygen atoms in total. The first-order chi connectivity index (χ1) is 16.4. The van der Waals surface area contributed by atoms with Crippen molar-refractivity contribution in [3.05, 3.63) is 89.1 Å². The maximum atomic E-state index is 13.6. The Kier molecular flexibility index (Phi) is 6.68. The van der Waals surface area contributed by atoms with Crippen LogP contribution >= 0.6 is 0 Å². The minimum atomic E-state index is -0.397. The summed E-state index contributed by atoms with van der Waals surface area (Å²) in [5, 5.41) is 3.19. The second kappa shape index (κ2) is 9.83. The fraction of sp³-hybridized carbons (Fsp3) is 0.214. The number of nitrogens with one attached hydrogen (secondary N) is 1. The molecule has 2 amide bonds. The fourth-order valence-electron chi connectivity index (χ4n) is 3.84. The molecule has 174 valence electrons.